The molecule has 1 fully saturated rings. The Bertz CT molecular complexity index is 1530. The van der Waals surface area contributed by atoms with E-state index in [0.717, 1.165) is 47.5 Å². The number of benzene rings is 3. The second kappa shape index (κ2) is 14.5. The number of aryl methyl sites for hydroxylation is 1. The minimum Gasteiger partial charge on any atom is -0.495 e. The average Bonchev–Trinajstić information content (AvgIpc) is 2.99. The molecule has 1 unspecified atom stereocenters. The SMILES string of the molecule is COc1ccc(Cl)cc1N(CC(=O)N(Cc1ccc(Cl)cc1)C(C)C(=O)NC1CCCCC1)S(=O)(=O)c1ccc(C)cc1. The van der Waals surface area contributed by atoms with Gasteiger partial charge < -0.3 is 15.0 Å². The number of methoxy groups -OCH3 is 1. The fourth-order valence-corrected chi connectivity index (χ4v) is 6.86. The standard InChI is InChI=1S/C32H37Cl2N3O5S/c1-22-9-16-28(17-10-22)43(40,41)37(29-19-26(34)15-18-30(29)42-3)21-31(38)36(20-24-11-13-25(33)14-12-24)23(2)32(39)35-27-7-5-4-6-8-27/h9-19,23,27H,4-8,20-21H2,1-3H3,(H,35,39). The van der Waals surface area contributed by atoms with Crippen molar-refractivity contribution < 1.29 is 22.7 Å². The molecule has 4 rings (SSSR count). The smallest absolute Gasteiger partial charge is 0.264 e. The Labute approximate surface area is 264 Å². The third-order valence-corrected chi connectivity index (χ3v) is 9.94. The molecule has 230 valence electrons. The molecule has 1 aliphatic carbocycles. The molecule has 8 nitrogen and oxygen atoms in total. The largest absolute Gasteiger partial charge is 0.495 e. The lowest BCUT2D eigenvalue weighted by Crippen LogP contribution is -2.53. The molecule has 0 heterocycles. The fraction of sp³-hybridized carbons (Fsp3) is 0.375. The first-order valence-electron chi connectivity index (χ1n) is 14.3. The normalized spacial score (nSPS) is 14.5. The number of nitrogens with one attached hydrogen (secondary N) is 1. The van der Waals surface area contributed by atoms with Crippen molar-refractivity contribution >= 4 is 50.7 Å². The van der Waals surface area contributed by atoms with Crippen LogP contribution in [0.2, 0.25) is 10.0 Å². The minimum atomic E-state index is -4.27. The molecule has 0 spiro atoms. The van der Waals surface area contributed by atoms with Crippen molar-refractivity contribution in [2.75, 3.05) is 18.0 Å². The summed E-state index contributed by atoms with van der Waals surface area (Å²) in [5.41, 5.74) is 1.73. The van der Waals surface area contributed by atoms with Crippen molar-refractivity contribution in [2.24, 2.45) is 0 Å². The zero-order valence-corrected chi connectivity index (χ0v) is 26.9. The van der Waals surface area contributed by atoms with Crippen LogP contribution >= 0.6 is 23.2 Å². The first kappa shape index (κ1) is 32.6. The molecule has 0 aliphatic heterocycles. The zero-order chi connectivity index (χ0) is 31.1. The van der Waals surface area contributed by atoms with Crippen molar-refractivity contribution in [3.05, 3.63) is 87.9 Å². The highest BCUT2D eigenvalue weighted by Gasteiger charge is 2.34. The maximum atomic E-state index is 14.2. The van der Waals surface area contributed by atoms with Gasteiger partial charge in [0.2, 0.25) is 11.8 Å². The van der Waals surface area contributed by atoms with Crippen molar-refractivity contribution in [1.29, 1.82) is 0 Å². The number of carbonyl (C=O) groups is 2. The van der Waals surface area contributed by atoms with E-state index in [9.17, 15) is 18.0 Å². The van der Waals surface area contributed by atoms with Crippen LogP contribution < -0.4 is 14.4 Å². The van der Waals surface area contributed by atoms with Crippen LogP contribution in [0.15, 0.2) is 71.6 Å². The number of carbonyl (C=O) groups excluding carboxylic acids is 2. The number of ether oxygens (including phenoxy) is 1. The van der Waals surface area contributed by atoms with Gasteiger partial charge in [-0.15, -0.1) is 0 Å². The number of halogens is 2. The summed E-state index contributed by atoms with van der Waals surface area (Å²) in [5, 5.41) is 3.90. The first-order chi connectivity index (χ1) is 20.5. The Balaban J connectivity index is 1.72. The Morgan fingerprint density at radius 3 is 2.21 bits per heavy atom. The van der Waals surface area contributed by atoms with Gasteiger partial charge in [-0.1, -0.05) is 72.3 Å². The van der Waals surface area contributed by atoms with Gasteiger partial charge in [0.05, 0.1) is 17.7 Å². The van der Waals surface area contributed by atoms with Crippen molar-refractivity contribution in [2.45, 2.75) is 69.5 Å². The highest BCUT2D eigenvalue weighted by Crippen LogP contribution is 2.35. The molecule has 2 amide bonds. The Morgan fingerprint density at radius 1 is 0.953 bits per heavy atom. The monoisotopic (exact) mass is 645 g/mol. The lowest BCUT2D eigenvalue weighted by molar-refractivity contribution is -0.139. The maximum absolute atomic E-state index is 14.2. The van der Waals surface area contributed by atoms with Gasteiger partial charge in [0.1, 0.15) is 18.3 Å². The van der Waals surface area contributed by atoms with Gasteiger partial charge in [-0.2, -0.15) is 0 Å². The summed E-state index contributed by atoms with van der Waals surface area (Å²) in [6, 6.07) is 17.1. The summed E-state index contributed by atoms with van der Waals surface area (Å²) in [5.74, 6) is -0.637. The van der Waals surface area contributed by atoms with Gasteiger partial charge in [-0.05, 0) is 74.7 Å². The lowest BCUT2D eigenvalue weighted by atomic mass is 9.95. The van der Waals surface area contributed by atoms with Crippen LogP contribution in [0.5, 0.6) is 5.75 Å². The maximum Gasteiger partial charge on any atom is 0.264 e. The molecule has 11 heteroatoms. The van der Waals surface area contributed by atoms with Crippen LogP contribution in [0.4, 0.5) is 5.69 Å². The summed E-state index contributed by atoms with van der Waals surface area (Å²) in [6.07, 6.45) is 5.00. The summed E-state index contributed by atoms with van der Waals surface area (Å²) in [4.78, 5) is 29.0. The van der Waals surface area contributed by atoms with Gasteiger partial charge >= 0.3 is 0 Å². The van der Waals surface area contributed by atoms with E-state index in [1.807, 2.05) is 6.92 Å². The molecule has 1 atom stereocenters. The van der Waals surface area contributed by atoms with Gasteiger partial charge in [0.25, 0.3) is 10.0 Å². The number of nitrogens with zero attached hydrogens (tertiary/aromatic N) is 2. The minimum absolute atomic E-state index is 0.000250. The second-order valence-corrected chi connectivity index (χ2v) is 13.5. The van der Waals surface area contributed by atoms with Gasteiger partial charge in [-0.25, -0.2) is 8.42 Å². The van der Waals surface area contributed by atoms with E-state index in [1.54, 1.807) is 55.5 Å². The van der Waals surface area contributed by atoms with E-state index in [1.165, 1.54) is 30.2 Å². The van der Waals surface area contributed by atoms with E-state index in [4.69, 9.17) is 27.9 Å². The molecule has 1 aliphatic rings. The molecule has 3 aromatic rings. The van der Waals surface area contributed by atoms with Gasteiger partial charge in [-0.3, -0.25) is 13.9 Å². The Kier molecular flexibility index (Phi) is 11.0. The number of rotatable bonds is 11. The molecule has 0 radical (unpaired) electrons. The predicted octanol–water partition coefficient (Wildman–Crippen LogP) is 6.37. The quantitative estimate of drug-likeness (QED) is 0.261. The summed E-state index contributed by atoms with van der Waals surface area (Å²) in [6.45, 7) is 2.98. The predicted molar refractivity (Wildman–Crippen MR) is 170 cm³/mol. The average molecular weight is 647 g/mol. The molecule has 0 saturated heterocycles. The number of anilines is 1. The molecule has 0 aromatic heterocycles. The van der Waals surface area contributed by atoms with Crippen LogP contribution in [-0.4, -0.2) is 50.9 Å². The molecular formula is C32H37Cl2N3O5S. The highest BCUT2D eigenvalue weighted by atomic mass is 35.5. The van der Waals surface area contributed by atoms with E-state index in [0.29, 0.717) is 5.02 Å². The molecule has 3 aromatic carbocycles. The third kappa shape index (κ3) is 8.22. The highest BCUT2D eigenvalue weighted by molar-refractivity contribution is 7.92. The number of hydrogen-bond donors (Lipinski definition) is 1. The molecule has 43 heavy (non-hydrogen) atoms. The van der Waals surface area contributed by atoms with Gasteiger partial charge in [0.15, 0.2) is 0 Å². The fourth-order valence-electron chi connectivity index (χ4n) is 5.15. The molecule has 1 N–H and O–H groups in total. The van der Waals surface area contributed by atoms with Crippen LogP contribution in [-0.2, 0) is 26.2 Å². The number of sulfonamides is 1. The Morgan fingerprint density at radius 2 is 1.58 bits per heavy atom. The lowest BCUT2D eigenvalue weighted by Gasteiger charge is -2.33. The van der Waals surface area contributed by atoms with Crippen LogP contribution in [0.3, 0.4) is 0 Å². The van der Waals surface area contributed by atoms with E-state index >= 15 is 0 Å². The van der Waals surface area contributed by atoms with Gasteiger partial charge in [0, 0.05) is 22.6 Å². The summed E-state index contributed by atoms with van der Waals surface area (Å²) >= 11 is 12.4. The third-order valence-electron chi connectivity index (χ3n) is 7.68. The summed E-state index contributed by atoms with van der Waals surface area (Å²) < 4.78 is 34.7. The van der Waals surface area contributed by atoms with Crippen LogP contribution in [0, 0.1) is 6.92 Å². The molecular weight excluding hydrogens is 609 g/mol. The first-order valence-corrected chi connectivity index (χ1v) is 16.5. The molecule has 1 saturated carbocycles. The van der Waals surface area contributed by atoms with E-state index in [-0.39, 0.29) is 39.8 Å². The Hall–Kier alpha value is -3.27. The van der Waals surface area contributed by atoms with Crippen LogP contribution in [0.1, 0.15) is 50.2 Å². The van der Waals surface area contributed by atoms with E-state index < -0.39 is 28.5 Å². The summed E-state index contributed by atoms with van der Waals surface area (Å²) in [7, 11) is -2.85. The van der Waals surface area contributed by atoms with Crippen molar-refractivity contribution in [3.63, 3.8) is 0 Å². The van der Waals surface area contributed by atoms with Crippen molar-refractivity contribution in [3.8, 4) is 5.75 Å². The second-order valence-electron chi connectivity index (χ2n) is 10.8. The number of hydrogen-bond acceptors (Lipinski definition) is 5. The molecule has 0 bridgehead atoms. The van der Waals surface area contributed by atoms with Crippen LogP contribution in [0.25, 0.3) is 0 Å². The van der Waals surface area contributed by atoms with E-state index in [2.05, 4.69) is 5.32 Å². The van der Waals surface area contributed by atoms with Crippen molar-refractivity contribution in [1.82, 2.24) is 10.2 Å². The zero-order valence-electron chi connectivity index (χ0n) is 24.6. The topological polar surface area (TPSA) is 96.0 Å². The number of amides is 2.